The van der Waals surface area contributed by atoms with Crippen molar-refractivity contribution in [2.24, 2.45) is 0 Å². The first-order valence-corrected chi connectivity index (χ1v) is 7.74. The molecule has 0 amide bonds. The van der Waals surface area contributed by atoms with Crippen molar-refractivity contribution in [1.82, 2.24) is 9.55 Å². The van der Waals surface area contributed by atoms with Gasteiger partial charge in [-0.05, 0) is 31.5 Å². The van der Waals surface area contributed by atoms with Crippen LogP contribution >= 0.6 is 0 Å². The fourth-order valence-corrected chi connectivity index (χ4v) is 2.79. The Balaban J connectivity index is 2.24. The maximum atomic E-state index is 5.46. The van der Waals surface area contributed by atoms with Crippen LogP contribution in [-0.2, 0) is 4.84 Å². The van der Waals surface area contributed by atoms with Crippen LogP contribution in [0, 0.1) is 13.8 Å². The van der Waals surface area contributed by atoms with E-state index in [2.05, 4.69) is 29.1 Å². The third kappa shape index (κ3) is 2.86. The van der Waals surface area contributed by atoms with Gasteiger partial charge in [-0.1, -0.05) is 30.3 Å². The number of aromatic nitrogens is 2. The number of aryl methyl sites for hydroxylation is 2. The van der Waals surface area contributed by atoms with Crippen molar-refractivity contribution in [2.45, 2.75) is 13.8 Å². The molecule has 3 rings (SSSR count). The second-order valence-corrected chi connectivity index (χ2v) is 5.55. The highest BCUT2D eigenvalue weighted by atomic mass is 16.6. The second-order valence-electron chi connectivity index (χ2n) is 5.55. The van der Waals surface area contributed by atoms with Gasteiger partial charge in [-0.2, -0.15) is 0 Å². The van der Waals surface area contributed by atoms with E-state index in [4.69, 9.17) is 14.6 Å². The molecule has 0 atom stereocenters. The summed E-state index contributed by atoms with van der Waals surface area (Å²) in [5, 5.41) is 0. The number of para-hydroxylation sites is 1. The zero-order valence-electron chi connectivity index (χ0n) is 14.3. The van der Waals surface area contributed by atoms with Crippen molar-refractivity contribution in [3.8, 4) is 22.8 Å². The lowest BCUT2D eigenvalue weighted by atomic mass is 10.1. The zero-order chi connectivity index (χ0) is 17.1. The van der Waals surface area contributed by atoms with Gasteiger partial charge in [0.15, 0.2) is 0 Å². The predicted octanol–water partition coefficient (Wildman–Crippen LogP) is 4.14. The molecule has 1 heterocycles. The SMILES string of the molecule is CONc1c(OC)cccc1-n1cc(C)nc1-c1ccccc1C. The molecule has 5 heteroatoms. The standard InChI is InChI=1S/C19H21N3O2/c1-13-8-5-6-9-15(13)19-20-14(2)12-22(19)16-10-7-11-17(23-3)18(16)21-24-4/h5-12,21H,1-4H3. The maximum absolute atomic E-state index is 5.46. The minimum absolute atomic E-state index is 0.705. The molecule has 5 nitrogen and oxygen atoms in total. The molecule has 0 aliphatic heterocycles. The number of benzene rings is 2. The fraction of sp³-hybridized carbons (Fsp3) is 0.211. The lowest BCUT2D eigenvalue weighted by Crippen LogP contribution is -2.06. The molecule has 0 aliphatic rings. The molecule has 0 saturated carbocycles. The van der Waals surface area contributed by atoms with E-state index >= 15 is 0 Å². The van der Waals surface area contributed by atoms with Gasteiger partial charge in [-0.3, -0.25) is 14.9 Å². The van der Waals surface area contributed by atoms with Gasteiger partial charge in [-0.25, -0.2) is 4.98 Å². The van der Waals surface area contributed by atoms with Crippen molar-refractivity contribution in [1.29, 1.82) is 0 Å². The number of ether oxygens (including phenoxy) is 1. The highest BCUT2D eigenvalue weighted by Gasteiger charge is 2.17. The van der Waals surface area contributed by atoms with Gasteiger partial charge in [0, 0.05) is 11.8 Å². The Morgan fingerprint density at radius 1 is 1.00 bits per heavy atom. The van der Waals surface area contributed by atoms with E-state index in [0.717, 1.165) is 28.5 Å². The first kappa shape index (κ1) is 16.1. The monoisotopic (exact) mass is 323 g/mol. The van der Waals surface area contributed by atoms with E-state index in [0.29, 0.717) is 5.75 Å². The normalized spacial score (nSPS) is 10.7. The summed E-state index contributed by atoms with van der Waals surface area (Å²) in [6, 6.07) is 14.1. The summed E-state index contributed by atoms with van der Waals surface area (Å²) in [5.41, 5.74) is 7.81. The number of nitrogens with zero attached hydrogens (tertiary/aromatic N) is 2. The Bertz CT molecular complexity index is 856. The van der Waals surface area contributed by atoms with Crippen LogP contribution in [0.25, 0.3) is 17.1 Å². The van der Waals surface area contributed by atoms with E-state index in [9.17, 15) is 0 Å². The Hall–Kier alpha value is -2.79. The van der Waals surface area contributed by atoms with Crippen molar-refractivity contribution in [3.05, 3.63) is 59.9 Å². The summed E-state index contributed by atoms with van der Waals surface area (Å²) in [4.78, 5) is 9.87. The Kier molecular flexibility index (Phi) is 4.53. The van der Waals surface area contributed by atoms with Gasteiger partial charge >= 0.3 is 0 Å². The van der Waals surface area contributed by atoms with E-state index in [1.165, 1.54) is 5.56 Å². The number of anilines is 1. The van der Waals surface area contributed by atoms with Crippen molar-refractivity contribution in [2.75, 3.05) is 19.7 Å². The molecule has 24 heavy (non-hydrogen) atoms. The highest BCUT2D eigenvalue weighted by Crippen LogP contribution is 2.34. The molecular weight excluding hydrogens is 302 g/mol. The van der Waals surface area contributed by atoms with E-state index in [-0.39, 0.29) is 0 Å². The van der Waals surface area contributed by atoms with Crippen LogP contribution in [0.5, 0.6) is 5.75 Å². The minimum Gasteiger partial charge on any atom is -0.494 e. The molecule has 0 saturated heterocycles. The van der Waals surface area contributed by atoms with Crippen molar-refractivity contribution >= 4 is 5.69 Å². The van der Waals surface area contributed by atoms with Crippen LogP contribution in [0.2, 0.25) is 0 Å². The summed E-state index contributed by atoms with van der Waals surface area (Å²) in [7, 11) is 3.22. The number of methoxy groups -OCH3 is 1. The van der Waals surface area contributed by atoms with Gasteiger partial charge < -0.3 is 4.74 Å². The lowest BCUT2D eigenvalue weighted by Gasteiger charge is -2.17. The third-order valence-corrected chi connectivity index (χ3v) is 3.90. The maximum Gasteiger partial charge on any atom is 0.146 e. The van der Waals surface area contributed by atoms with Crippen LogP contribution in [0.4, 0.5) is 5.69 Å². The average Bonchev–Trinajstić information content (AvgIpc) is 2.97. The van der Waals surface area contributed by atoms with Gasteiger partial charge in [0.1, 0.15) is 17.3 Å². The van der Waals surface area contributed by atoms with E-state index < -0.39 is 0 Å². The summed E-state index contributed by atoms with van der Waals surface area (Å²) in [5.74, 6) is 1.59. The van der Waals surface area contributed by atoms with Gasteiger partial charge in [0.2, 0.25) is 0 Å². The lowest BCUT2D eigenvalue weighted by molar-refractivity contribution is 0.268. The molecule has 0 bridgehead atoms. The molecule has 124 valence electrons. The van der Waals surface area contributed by atoms with E-state index in [1.807, 2.05) is 43.5 Å². The molecule has 0 fully saturated rings. The largest absolute Gasteiger partial charge is 0.494 e. The molecular formula is C19H21N3O2. The third-order valence-electron chi connectivity index (χ3n) is 3.90. The predicted molar refractivity (Wildman–Crippen MR) is 95.7 cm³/mol. The molecule has 0 radical (unpaired) electrons. The van der Waals surface area contributed by atoms with Crippen LogP contribution in [-0.4, -0.2) is 23.8 Å². The Morgan fingerprint density at radius 2 is 1.79 bits per heavy atom. The molecule has 1 N–H and O–H groups in total. The number of hydrogen-bond donors (Lipinski definition) is 1. The average molecular weight is 323 g/mol. The smallest absolute Gasteiger partial charge is 0.146 e. The van der Waals surface area contributed by atoms with Crippen LogP contribution < -0.4 is 10.2 Å². The first-order chi connectivity index (χ1) is 11.7. The minimum atomic E-state index is 0.705. The summed E-state index contributed by atoms with van der Waals surface area (Å²) < 4.78 is 7.52. The van der Waals surface area contributed by atoms with Gasteiger partial charge in [0.25, 0.3) is 0 Å². The topological polar surface area (TPSA) is 48.3 Å². The first-order valence-electron chi connectivity index (χ1n) is 7.74. The highest BCUT2D eigenvalue weighted by molar-refractivity contribution is 5.72. The fourth-order valence-electron chi connectivity index (χ4n) is 2.79. The van der Waals surface area contributed by atoms with Crippen molar-refractivity contribution in [3.63, 3.8) is 0 Å². The van der Waals surface area contributed by atoms with Gasteiger partial charge in [-0.15, -0.1) is 0 Å². The van der Waals surface area contributed by atoms with Crippen LogP contribution in [0.3, 0.4) is 0 Å². The summed E-state index contributed by atoms with van der Waals surface area (Å²) in [6.45, 7) is 4.07. The number of hydrogen-bond acceptors (Lipinski definition) is 4. The summed E-state index contributed by atoms with van der Waals surface area (Å²) >= 11 is 0. The second kappa shape index (κ2) is 6.76. The summed E-state index contributed by atoms with van der Waals surface area (Å²) in [6.07, 6.45) is 2.01. The Morgan fingerprint density at radius 3 is 2.50 bits per heavy atom. The number of nitrogens with one attached hydrogen (secondary N) is 1. The van der Waals surface area contributed by atoms with Crippen molar-refractivity contribution < 1.29 is 9.57 Å². The van der Waals surface area contributed by atoms with Crippen LogP contribution in [0.1, 0.15) is 11.3 Å². The quantitative estimate of drug-likeness (QED) is 0.717. The number of rotatable bonds is 5. The Labute approximate surface area is 141 Å². The van der Waals surface area contributed by atoms with E-state index in [1.54, 1.807) is 14.2 Å². The van der Waals surface area contributed by atoms with Gasteiger partial charge in [0.05, 0.1) is 25.6 Å². The zero-order valence-corrected chi connectivity index (χ0v) is 14.3. The molecule has 0 spiro atoms. The number of imidazole rings is 1. The molecule has 0 unspecified atom stereocenters. The molecule has 1 aromatic heterocycles. The molecule has 0 aliphatic carbocycles. The van der Waals surface area contributed by atoms with Crippen LogP contribution in [0.15, 0.2) is 48.7 Å². The molecule has 3 aromatic rings. The molecule has 2 aromatic carbocycles.